The minimum Gasteiger partial charge on any atom is -0.354 e. The van der Waals surface area contributed by atoms with Crippen LogP contribution in [0.1, 0.15) is 25.3 Å². The third kappa shape index (κ3) is 5.03. The SMILES string of the molecule is CC(NS(C)(=O)=O)C(=O)NCC1(c2ccccc2)CCN(C)CC1. The van der Waals surface area contributed by atoms with E-state index in [2.05, 4.69) is 34.1 Å². The average molecular weight is 353 g/mol. The van der Waals surface area contributed by atoms with Gasteiger partial charge in [-0.2, -0.15) is 0 Å². The minimum absolute atomic E-state index is 0.103. The molecular weight excluding hydrogens is 326 g/mol. The molecule has 0 aromatic heterocycles. The van der Waals surface area contributed by atoms with Crippen LogP contribution in [0.5, 0.6) is 0 Å². The number of sulfonamides is 1. The lowest BCUT2D eigenvalue weighted by Crippen LogP contribution is -2.51. The number of amides is 1. The Morgan fingerprint density at radius 1 is 1.25 bits per heavy atom. The molecule has 1 atom stereocenters. The lowest BCUT2D eigenvalue weighted by Gasteiger charge is -2.41. The second-order valence-corrected chi connectivity index (χ2v) is 8.56. The van der Waals surface area contributed by atoms with E-state index in [1.165, 1.54) is 5.56 Å². The second kappa shape index (κ2) is 7.63. The predicted octanol–water partition coefficient (Wildman–Crippen LogP) is 0.704. The average Bonchev–Trinajstić information content (AvgIpc) is 2.53. The molecule has 2 rings (SSSR count). The van der Waals surface area contributed by atoms with Crippen LogP contribution in [0.2, 0.25) is 0 Å². The quantitative estimate of drug-likeness (QED) is 0.789. The number of hydrogen-bond donors (Lipinski definition) is 2. The van der Waals surface area contributed by atoms with Crippen molar-refractivity contribution in [2.75, 3.05) is 32.9 Å². The molecule has 6 nitrogen and oxygen atoms in total. The Bertz CT molecular complexity index is 653. The fourth-order valence-electron chi connectivity index (χ4n) is 3.19. The normalized spacial score (nSPS) is 19.6. The first-order chi connectivity index (χ1) is 11.2. The van der Waals surface area contributed by atoms with Gasteiger partial charge in [0.05, 0.1) is 12.3 Å². The van der Waals surface area contributed by atoms with Gasteiger partial charge in [-0.25, -0.2) is 13.1 Å². The van der Waals surface area contributed by atoms with E-state index in [4.69, 9.17) is 0 Å². The van der Waals surface area contributed by atoms with Gasteiger partial charge in [-0.1, -0.05) is 30.3 Å². The number of hydrogen-bond acceptors (Lipinski definition) is 4. The van der Waals surface area contributed by atoms with E-state index in [-0.39, 0.29) is 11.3 Å². The summed E-state index contributed by atoms with van der Waals surface area (Å²) in [5.41, 5.74) is 1.12. The maximum Gasteiger partial charge on any atom is 0.237 e. The van der Waals surface area contributed by atoms with E-state index >= 15 is 0 Å². The van der Waals surface area contributed by atoms with Gasteiger partial charge in [0.15, 0.2) is 0 Å². The summed E-state index contributed by atoms with van der Waals surface area (Å²) in [7, 11) is -1.30. The number of nitrogens with zero attached hydrogens (tertiary/aromatic N) is 1. The van der Waals surface area contributed by atoms with Gasteiger partial charge in [0.25, 0.3) is 0 Å². The van der Waals surface area contributed by atoms with Crippen LogP contribution in [0, 0.1) is 0 Å². The van der Waals surface area contributed by atoms with Crippen molar-refractivity contribution < 1.29 is 13.2 Å². The molecule has 0 saturated carbocycles. The van der Waals surface area contributed by atoms with Crippen LogP contribution in [0.15, 0.2) is 30.3 Å². The van der Waals surface area contributed by atoms with Gasteiger partial charge in [-0.15, -0.1) is 0 Å². The molecule has 1 unspecified atom stereocenters. The molecule has 0 spiro atoms. The number of piperidine rings is 1. The molecule has 134 valence electrons. The highest BCUT2D eigenvalue weighted by Crippen LogP contribution is 2.34. The zero-order chi connectivity index (χ0) is 17.8. The molecule has 1 heterocycles. The summed E-state index contributed by atoms with van der Waals surface area (Å²) < 4.78 is 24.9. The molecule has 7 heteroatoms. The van der Waals surface area contributed by atoms with Gasteiger partial charge in [0, 0.05) is 12.0 Å². The minimum atomic E-state index is -3.40. The van der Waals surface area contributed by atoms with E-state index in [0.29, 0.717) is 6.54 Å². The van der Waals surface area contributed by atoms with Crippen LogP contribution in [0.25, 0.3) is 0 Å². The van der Waals surface area contributed by atoms with Crippen LogP contribution in [-0.2, 0) is 20.2 Å². The molecule has 1 aromatic rings. The third-order valence-electron chi connectivity index (χ3n) is 4.72. The Balaban J connectivity index is 2.08. The summed E-state index contributed by atoms with van der Waals surface area (Å²) in [5, 5.41) is 2.94. The van der Waals surface area contributed by atoms with Crippen molar-refractivity contribution in [3.63, 3.8) is 0 Å². The zero-order valence-corrected chi connectivity index (χ0v) is 15.4. The van der Waals surface area contributed by atoms with E-state index in [1.807, 2.05) is 18.2 Å². The molecule has 1 aliphatic rings. The highest BCUT2D eigenvalue weighted by molar-refractivity contribution is 7.88. The van der Waals surface area contributed by atoms with E-state index in [1.54, 1.807) is 6.92 Å². The lowest BCUT2D eigenvalue weighted by atomic mass is 9.72. The Morgan fingerprint density at radius 3 is 2.38 bits per heavy atom. The smallest absolute Gasteiger partial charge is 0.237 e. The first-order valence-electron chi connectivity index (χ1n) is 8.21. The summed E-state index contributed by atoms with van der Waals surface area (Å²) in [5.74, 6) is -0.297. The molecule has 0 aliphatic carbocycles. The van der Waals surface area contributed by atoms with Crippen molar-refractivity contribution in [2.24, 2.45) is 0 Å². The maximum absolute atomic E-state index is 12.3. The standard InChI is InChI=1S/C17H27N3O3S/c1-14(19-24(3,22)23)16(21)18-13-17(9-11-20(2)12-10-17)15-7-5-4-6-8-15/h4-8,14,19H,9-13H2,1-3H3,(H,18,21). The van der Waals surface area contributed by atoms with Crippen LogP contribution < -0.4 is 10.0 Å². The first-order valence-corrected chi connectivity index (χ1v) is 10.1. The van der Waals surface area contributed by atoms with Crippen molar-refractivity contribution in [1.82, 2.24) is 14.9 Å². The van der Waals surface area contributed by atoms with Crippen LogP contribution >= 0.6 is 0 Å². The first kappa shape index (κ1) is 18.9. The number of carbonyl (C=O) groups excluding carboxylic acids is 1. The van der Waals surface area contributed by atoms with Crippen LogP contribution in [0.3, 0.4) is 0 Å². The Labute approximate surface area is 144 Å². The Hall–Kier alpha value is -1.44. The fraction of sp³-hybridized carbons (Fsp3) is 0.588. The summed E-state index contributed by atoms with van der Waals surface area (Å²) in [4.78, 5) is 14.5. The maximum atomic E-state index is 12.3. The predicted molar refractivity (Wildman–Crippen MR) is 95.3 cm³/mol. The monoisotopic (exact) mass is 353 g/mol. The molecular formula is C17H27N3O3S. The zero-order valence-electron chi connectivity index (χ0n) is 14.6. The van der Waals surface area contributed by atoms with Gasteiger partial charge < -0.3 is 10.2 Å². The fourth-order valence-corrected chi connectivity index (χ4v) is 3.94. The number of rotatable bonds is 6. The van der Waals surface area contributed by atoms with Crippen molar-refractivity contribution in [1.29, 1.82) is 0 Å². The molecule has 1 aromatic carbocycles. The highest BCUT2D eigenvalue weighted by Gasteiger charge is 2.36. The van der Waals surface area contributed by atoms with Gasteiger partial charge in [0.2, 0.25) is 15.9 Å². The third-order valence-corrected chi connectivity index (χ3v) is 5.50. The van der Waals surface area contributed by atoms with Crippen LogP contribution in [-0.4, -0.2) is 58.2 Å². The van der Waals surface area contributed by atoms with E-state index in [9.17, 15) is 13.2 Å². The van der Waals surface area contributed by atoms with Gasteiger partial charge in [0.1, 0.15) is 0 Å². The topological polar surface area (TPSA) is 78.5 Å². The van der Waals surface area contributed by atoms with Gasteiger partial charge in [-0.3, -0.25) is 4.79 Å². The lowest BCUT2D eigenvalue weighted by molar-refractivity contribution is -0.122. The molecule has 24 heavy (non-hydrogen) atoms. The van der Waals surface area contributed by atoms with Gasteiger partial charge >= 0.3 is 0 Å². The molecule has 1 saturated heterocycles. The van der Waals surface area contributed by atoms with E-state index < -0.39 is 16.1 Å². The largest absolute Gasteiger partial charge is 0.354 e. The molecule has 1 amide bonds. The van der Waals surface area contributed by atoms with Crippen molar-refractivity contribution in [3.8, 4) is 0 Å². The molecule has 2 N–H and O–H groups in total. The summed E-state index contributed by atoms with van der Waals surface area (Å²) in [6.45, 7) is 4.02. The summed E-state index contributed by atoms with van der Waals surface area (Å²) in [6, 6.07) is 9.46. The second-order valence-electron chi connectivity index (χ2n) is 6.78. The van der Waals surface area contributed by atoms with Crippen molar-refractivity contribution in [2.45, 2.75) is 31.2 Å². The number of likely N-dealkylation sites (tertiary alicyclic amines) is 1. The van der Waals surface area contributed by atoms with Crippen molar-refractivity contribution in [3.05, 3.63) is 35.9 Å². The highest BCUT2D eigenvalue weighted by atomic mass is 32.2. The van der Waals surface area contributed by atoms with E-state index in [0.717, 1.165) is 32.2 Å². The Kier molecular flexibility index (Phi) is 6.01. The van der Waals surface area contributed by atoms with Crippen molar-refractivity contribution >= 4 is 15.9 Å². The summed E-state index contributed by atoms with van der Waals surface area (Å²) >= 11 is 0. The van der Waals surface area contributed by atoms with Crippen LogP contribution in [0.4, 0.5) is 0 Å². The summed E-state index contributed by atoms with van der Waals surface area (Å²) in [6.07, 6.45) is 2.97. The number of nitrogens with one attached hydrogen (secondary N) is 2. The molecule has 0 bridgehead atoms. The number of carbonyl (C=O) groups is 1. The molecule has 0 radical (unpaired) electrons. The Morgan fingerprint density at radius 2 is 1.83 bits per heavy atom. The molecule has 1 fully saturated rings. The number of benzene rings is 1. The van der Waals surface area contributed by atoms with Gasteiger partial charge in [-0.05, 0) is 45.5 Å². The molecule has 1 aliphatic heterocycles.